The summed E-state index contributed by atoms with van der Waals surface area (Å²) in [5.74, 6) is 1.18. The van der Waals surface area contributed by atoms with E-state index in [4.69, 9.17) is 9.47 Å². The molecular weight excluding hydrogens is 440 g/mol. The normalized spacial score (nSPS) is 10.7. The molecular formula is C23H24N6O3S. The van der Waals surface area contributed by atoms with Crippen LogP contribution in [-0.4, -0.2) is 39.4 Å². The fourth-order valence-electron chi connectivity index (χ4n) is 3.38. The van der Waals surface area contributed by atoms with Gasteiger partial charge >= 0.3 is 6.03 Å². The Morgan fingerprint density at radius 2 is 1.45 bits per heavy atom. The number of urea groups is 1. The molecule has 0 saturated heterocycles. The van der Waals surface area contributed by atoms with Crippen LogP contribution in [-0.2, 0) is 0 Å². The molecule has 2 aromatic heterocycles. The Kier molecular flexibility index (Phi) is 6.27. The van der Waals surface area contributed by atoms with Crippen LogP contribution < -0.4 is 19.1 Å². The van der Waals surface area contributed by atoms with Gasteiger partial charge in [-0.05, 0) is 38.1 Å². The molecule has 0 atom stereocenters. The highest BCUT2D eigenvalue weighted by Gasteiger charge is 2.17. The number of carbonyl (C=O) groups excluding carboxylic acids is 1. The van der Waals surface area contributed by atoms with Crippen LogP contribution in [0, 0.1) is 13.8 Å². The van der Waals surface area contributed by atoms with Gasteiger partial charge in [0.05, 0.1) is 55.3 Å². The number of hydrogen-bond acceptors (Lipinski definition) is 6. The molecule has 0 spiro atoms. The molecule has 0 aliphatic heterocycles. The molecule has 1 N–H and O–H groups in total. The van der Waals surface area contributed by atoms with Gasteiger partial charge in [0.25, 0.3) is 0 Å². The van der Waals surface area contributed by atoms with Gasteiger partial charge < -0.3 is 23.9 Å². The molecule has 4 rings (SSSR count). The number of benzene rings is 2. The number of anilines is 2. The number of hydrogen-bond donors (Lipinski definition) is 2. The van der Waals surface area contributed by atoms with Gasteiger partial charge in [0.1, 0.15) is 11.5 Å². The molecule has 33 heavy (non-hydrogen) atoms. The van der Waals surface area contributed by atoms with E-state index in [2.05, 4.69) is 28.1 Å². The zero-order chi connectivity index (χ0) is 23.5. The Labute approximate surface area is 197 Å². The predicted molar refractivity (Wildman–Crippen MR) is 130 cm³/mol. The summed E-state index contributed by atoms with van der Waals surface area (Å²) >= 11 is 4.39. The maximum absolute atomic E-state index is 12.9. The quantitative estimate of drug-likeness (QED) is 0.408. The van der Waals surface area contributed by atoms with Crippen molar-refractivity contribution in [2.45, 2.75) is 13.8 Å². The van der Waals surface area contributed by atoms with Crippen LogP contribution in [0.5, 0.6) is 11.5 Å². The van der Waals surface area contributed by atoms with Crippen LogP contribution >= 0.6 is 12.8 Å². The lowest BCUT2D eigenvalue weighted by Crippen LogP contribution is -2.26. The van der Waals surface area contributed by atoms with Gasteiger partial charge in [-0.15, -0.1) is 0 Å². The van der Waals surface area contributed by atoms with Crippen molar-refractivity contribution >= 4 is 30.2 Å². The van der Waals surface area contributed by atoms with E-state index in [1.165, 1.54) is 4.31 Å². The topological polar surface area (TPSA) is 86.4 Å². The Morgan fingerprint density at radius 3 is 1.97 bits per heavy atom. The zero-order valence-electron chi connectivity index (χ0n) is 18.7. The fourth-order valence-corrected chi connectivity index (χ4v) is 3.55. The molecule has 2 heterocycles. The largest absolute Gasteiger partial charge is 0.494 e. The van der Waals surface area contributed by atoms with Crippen molar-refractivity contribution in [3.05, 3.63) is 72.8 Å². The first-order valence-corrected chi connectivity index (χ1v) is 10.5. The average Bonchev–Trinajstić information content (AvgIpc) is 3.46. The van der Waals surface area contributed by atoms with Crippen LogP contribution in [0.1, 0.15) is 11.4 Å². The molecule has 0 saturated carbocycles. The summed E-state index contributed by atoms with van der Waals surface area (Å²) in [5.41, 5.74) is 4.51. The molecule has 0 unspecified atom stereocenters. The Bertz CT molecular complexity index is 1300. The SMILES string of the molecule is COc1cc(NC(=O)N(S)c2ccc(-n3cnc(C)c3)c(OC)c2)ccc1-n1cnc(C)c1. The molecule has 2 aromatic carbocycles. The van der Waals surface area contributed by atoms with E-state index in [0.717, 1.165) is 22.8 Å². The minimum Gasteiger partial charge on any atom is -0.494 e. The van der Waals surface area contributed by atoms with Crippen LogP contribution in [0.4, 0.5) is 16.2 Å². The number of ether oxygens (including phenoxy) is 2. The number of nitrogens with zero attached hydrogens (tertiary/aromatic N) is 5. The maximum atomic E-state index is 12.9. The fraction of sp³-hybridized carbons (Fsp3) is 0.174. The molecule has 4 aromatic rings. The van der Waals surface area contributed by atoms with E-state index in [1.54, 1.807) is 51.1 Å². The van der Waals surface area contributed by atoms with Gasteiger partial charge in [0.15, 0.2) is 0 Å². The Morgan fingerprint density at radius 1 is 0.909 bits per heavy atom. The third-order valence-electron chi connectivity index (χ3n) is 5.01. The number of thiol groups is 1. The molecule has 0 aliphatic carbocycles. The molecule has 9 nitrogen and oxygen atoms in total. The van der Waals surface area contributed by atoms with E-state index in [-0.39, 0.29) is 0 Å². The van der Waals surface area contributed by atoms with E-state index in [0.29, 0.717) is 22.9 Å². The van der Waals surface area contributed by atoms with Crippen LogP contribution in [0.3, 0.4) is 0 Å². The number of imidazole rings is 2. The second kappa shape index (κ2) is 9.29. The summed E-state index contributed by atoms with van der Waals surface area (Å²) in [6, 6.07) is 10.3. The zero-order valence-corrected chi connectivity index (χ0v) is 19.6. The molecule has 2 amide bonds. The van der Waals surface area contributed by atoms with Gasteiger partial charge in [0.2, 0.25) is 0 Å². The number of rotatable bonds is 6. The minimum atomic E-state index is -0.431. The average molecular weight is 465 g/mol. The summed E-state index contributed by atoms with van der Waals surface area (Å²) in [6.07, 6.45) is 7.21. The number of amides is 2. The van der Waals surface area contributed by atoms with Crippen molar-refractivity contribution in [2.75, 3.05) is 23.8 Å². The van der Waals surface area contributed by atoms with Crippen molar-refractivity contribution in [3.63, 3.8) is 0 Å². The van der Waals surface area contributed by atoms with Crippen molar-refractivity contribution in [3.8, 4) is 22.9 Å². The third-order valence-corrected chi connectivity index (χ3v) is 5.42. The van der Waals surface area contributed by atoms with Crippen molar-refractivity contribution in [2.24, 2.45) is 0 Å². The highest BCUT2D eigenvalue weighted by atomic mass is 32.1. The summed E-state index contributed by atoms with van der Waals surface area (Å²) < 4.78 is 16.0. The van der Waals surface area contributed by atoms with Crippen LogP contribution in [0.15, 0.2) is 61.4 Å². The second-order valence-corrected chi connectivity index (χ2v) is 7.73. The first-order valence-electron chi connectivity index (χ1n) is 10.1. The standard InChI is InChI=1S/C23H24N6O3S/c1-15-11-27(13-24-15)19-7-5-17(9-21(19)31-3)26-23(30)29(33)18-6-8-20(22(10-18)32-4)28-12-16(2)25-14-28/h5-14,33H,1-4H3,(H,26,30). The molecule has 0 radical (unpaired) electrons. The molecule has 0 bridgehead atoms. The Balaban J connectivity index is 1.54. The summed E-state index contributed by atoms with van der Waals surface area (Å²) in [5, 5.41) is 2.84. The Hall–Kier alpha value is -3.92. The van der Waals surface area contributed by atoms with Crippen molar-refractivity contribution < 1.29 is 14.3 Å². The van der Waals surface area contributed by atoms with E-state index in [1.807, 2.05) is 47.5 Å². The molecule has 10 heteroatoms. The van der Waals surface area contributed by atoms with E-state index in [9.17, 15) is 4.79 Å². The lowest BCUT2D eigenvalue weighted by molar-refractivity contribution is 0.260. The minimum absolute atomic E-state index is 0.431. The lowest BCUT2D eigenvalue weighted by Gasteiger charge is -2.19. The molecule has 0 aliphatic rings. The van der Waals surface area contributed by atoms with Gasteiger partial charge in [0, 0.05) is 30.2 Å². The van der Waals surface area contributed by atoms with Crippen molar-refractivity contribution in [1.29, 1.82) is 0 Å². The van der Waals surface area contributed by atoms with E-state index >= 15 is 0 Å². The molecule has 170 valence electrons. The predicted octanol–water partition coefficient (Wildman–Crippen LogP) is 4.58. The monoisotopic (exact) mass is 464 g/mol. The van der Waals surface area contributed by atoms with Gasteiger partial charge in [-0.25, -0.2) is 19.1 Å². The summed E-state index contributed by atoms with van der Waals surface area (Å²) in [4.78, 5) is 21.3. The smallest absolute Gasteiger partial charge is 0.336 e. The highest BCUT2D eigenvalue weighted by Crippen LogP contribution is 2.31. The van der Waals surface area contributed by atoms with Gasteiger partial charge in [-0.3, -0.25) is 0 Å². The van der Waals surface area contributed by atoms with Crippen LogP contribution in [0.25, 0.3) is 11.4 Å². The highest BCUT2D eigenvalue weighted by molar-refractivity contribution is 7.82. The lowest BCUT2D eigenvalue weighted by atomic mass is 10.2. The first kappa shape index (κ1) is 22.3. The van der Waals surface area contributed by atoms with Crippen LogP contribution in [0.2, 0.25) is 0 Å². The number of nitrogens with one attached hydrogen (secondary N) is 1. The van der Waals surface area contributed by atoms with Gasteiger partial charge in [-0.1, -0.05) is 12.8 Å². The number of methoxy groups -OCH3 is 2. The maximum Gasteiger partial charge on any atom is 0.336 e. The van der Waals surface area contributed by atoms with Gasteiger partial charge in [-0.2, -0.15) is 0 Å². The number of aryl methyl sites for hydroxylation is 2. The van der Waals surface area contributed by atoms with E-state index < -0.39 is 6.03 Å². The number of aromatic nitrogens is 4. The van der Waals surface area contributed by atoms with Crippen molar-refractivity contribution in [1.82, 2.24) is 19.1 Å². The summed E-state index contributed by atoms with van der Waals surface area (Å²) in [6.45, 7) is 3.83. The third kappa shape index (κ3) is 4.65. The second-order valence-electron chi connectivity index (χ2n) is 7.33. The molecule has 0 fully saturated rings. The first-order chi connectivity index (χ1) is 15.9. The number of carbonyl (C=O) groups is 1. The summed E-state index contributed by atoms with van der Waals surface area (Å²) in [7, 11) is 3.15.